The van der Waals surface area contributed by atoms with Gasteiger partial charge in [-0.3, -0.25) is 0 Å². The molecule has 0 spiro atoms. The number of benzene rings is 1. The first kappa shape index (κ1) is 11.3. The van der Waals surface area contributed by atoms with Crippen molar-refractivity contribution in [3.8, 4) is 0 Å². The molecule has 0 bridgehead atoms. The van der Waals surface area contributed by atoms with E-state index in [-0.39, 0.29) is 5.82 Å². The number of thioether (sulfide) groups is 1. The summed E-state index contributed by atoms with van der Waals surface area (Å²) in [7, 11) is 0. The molecule has 1 aromatic rings. The maximum atomic E-state index is 13.0. The van der Waals surface area contributed by atoms with E-state index in [0.717, 1.165) is 18.2 Å². The summed E-state index contributed by atoms with van der Waals surface area (Å²) in [5.74, 6) is 3.07. The molecule has 2 rings (SSSR count). The topological polar surface area (TPSA) is 12.0 Å². The van der Waals surface area contributed by atoms with Crippen molar-refractivity contribution in [1.82, 2.24) is 0 Å². The molecule has 1 fully saturated rings. The smallest absolute Gasteiger partial charge is 0.137 e. The molecule has 15 heavy (non-hydrogen) atoms. The van der Waals surface area contributed by atoms with Crippen LogP contribution >= 0.6 is 27.7 Å². The summed E-state index contributed by atoms with van der Waals surface area (Å²) >= 11 is 5.19. The van der Waals surface area contributed by atoms with Crippen LogP contribution in [0, 0.1) is 11.7 Å². The van der Waals surface area contributed by atoms with Crippen molar-refractivity contribution < 1.29 is 4.39 Å². The number of rotatable bonds is 3. The third-order valence-electron chi connectivity index (χ3n) is 2.54. The Kier molecular flexibility index (Phi) is 3.92. The van der Waals surface area contributed by atoms with Crippen LogP contribution in [-0.4, -0.2) is 18.1 Å². The lowest BCUT2D eigenvalue weighted by atomic mass is 10.1. The molecule has 0 amide bonds. The summed E-state index contributed by atoms with van der Waals surface area (Å²) in [5.41, 5.74) is 0.986. The van der Waals surface area contributed by atoms with Gasteiger partial charge in [0.05, 0.1) is 4.47 Å². The van der Waals surface area contributed by atoms with Gasteiger partial charge in [0.25, 0.3) is 0 Å². The number of anilines is 1. The summed E-state index contributed by atoms with van der Waals surface area (Å²) in [6, 6.07) is 5.05. The lowest BCUT2D eigenvalue weighted by Gasteiger charge is -2.11. The number of halogens is 2. The zero-order chi connectivity index (χ0) is 10.7. The van der Waals surface area contributed by atoms with Gasteiger partial charge in [0, 0.05) is 12.2 Å². The Morgan fingerprint density at radius 2 is 2.40 bits per heavy atom. The van der Waals surface area contributed by atoms with Gasteiger partial charge in [-0.25, -0.2) is 4.39 Å². The highest BCUT2D eigenvalue weighted by Crippen LogP contribution is 2.25. The van der Waals surface area contributed by atoms with E-state index in [2.05, 4.69) is 21.2 Å². The molecule has 0 radical (unpaired) electrons. The van der Waals surface area contributed by atoms with Crippen LogP contribution in [0.5, 0.6) is 0 Å². The minimum atomic E-state index is -0.211. The van der Waals surface area contributed by atoms with E-state index in [1.54, 1.807) is 12.1 Å². The van der Waals surface area contributed by atoms with E-state index < -0.39 is 0 Å². The Bertz CT molecular complexity index is 339. The van der Waals surface area contributed by atoms with Crippen molar-refractivity contribution in [2.24, 2.45) is 5.92 Å². The molecule has 82 valence electrons. The van der Waals surface area contributed by atoms with E-state index in [4.69, 9.17) is 0 Å². The van der Waals surface area contributed by atoms with Gasteiger partial charge in [-0.2, -0.15) is 11.8 Å². The molecule has 1 aliphatic heterocycles. The Labute approximate surface area is 102 Å². The van der Waals surface area contributed by atoms with Crippen molar-refractivity contribution in [2.75, 3.05) is 23.4 Å². The molecule has 1 aliphatic rings. The van der Waals surface area contributed by atoms with Crippen LogP contribution in [0.25, 0.3) is 0 Å². The molecule has 0 aliphatic carbocycles. The zero-order valence-corrected chi connectivity index (χ0v) is 10.7. The number of hydrogen-bond acceptors (Lipinski definition) is 2. The second-order valence-corrected chi connectivity index (χ2v) is 5.74. The van der Waals surface area contributed by atoms with Crippen LogP contribution in [0.1, 0.15) is 6.42 Å². The van der Waals surface area contributed by atoms with Gasteiger partial charge in [-0.05, 0) is 58.0 Å². The Balaban J connectivity index is 1.90. The summed E-state index contributed by atoms with van der Waals surface area (Å²) in [6.45, 7) is 0.991. The third kappa shape index (κ3) is 3.11. The predicted molar refractivity (Wildman–Crippen MR) is 68.0 cm³/mol. The molecule has 1 N–H and O–H groups in total. The van der Waals surface area contributed by atoms with Crippen LogP contribution in [0.2, 0.25) is 0 Å². The molecule has 0 saturated carbocycles. The first-order chi connectivity index (χ1) is 7.25. The van der Waals surface area contributed by atoms with Gasteiger partial charge in [0.15, 0.2) is 0 Å². The average Bonchev–Trinajstić information content (AvgIpc) is 2.73. The predicted octanol–water partition coefficient (Wildman–Crippen LogP) is 3.75. The van der Waals surface area contributed by atoms with Gasteiger partial charge in [0.1, 0.15) is 5.82 Å². The number of hydrogen-bond donors (Lipinski definition) is 1. The molecule has 0 aromatic heterocycles. The highest BCUT2D eigenvalue weighted by molar-refractivity contribution is 9.10. The van der Waals surface area contributed by atoms with Gasteiger partial charge in [0.2, 0.25) is 0 Å². The maximum absolute atomic E-state index is 13.0. The fraction of sp³-hybridized carbons (Fsp3) is 0.455. The van der Waals surface area contributed by atoms with E-state index in [1.807, 2.05) is 11.8 Å². The highest BCUT2D eigenvalue weighted by Gasteiger charge is 2.14. The van der Waals surface area contributed by atoms with Crippen molar-refractivity contribution in [3.05, 3.63) is 28.5 Å². The molecule has 1 unspecified atom stereocenters. The Morgan fingerprint density at radius 3 is 3.07 bits per heavy atom. The second kappa shape index (κ2) is 5.21. The van der Waals surface area contributed by atoms with Gasteiger partial charge in [-0.1, -0.05) is 0 Å². The van der Waals surface area contributed by atoms with E-state index >= 15 is 0 Å². The lowest BCUT2D eigenvalue weighted by Crippen LogP contribution is -2.13. The largest absolute Gasteiger partial charge is 0.385 e. The SMILES string of the molecule is Fc1ccc(NCC2CCSC2)cc1Br. The van der Waals surface area contributed by atoms with Crippen LogP contribution in [-0.2, 0) is 0 Å². The Morgan fingerprint density at radius 1 is 1.53 bits per heavy atom. The molecule has 1 nitrogen and oxygen atoms in total. The van der Waals surface area contributed by atoms with Crippen LogP contribution < -0.4 is 5.32 Å². The second-order valence-electron chi connectivity index (χ2n) is 3.74. The van der Waals surface area contributed by atoms with Crippen molar-refractivity contribution >= 4 is 33.4 Å². The van der Waals surface area contributed by atoms with Gasteiger partial charge in [-0.15, -0.1) is 0 Å². The molecule has 1 aromatic carbocycles. The van der Waals surface area contributed by atoms with Crippen LogP contribution in [0.3, 0.4) is 0 Å². The first-order valence-electron chi connectivity index (χ1n) is 5.02. The monoisotopic (exact) mass is 289 g/mol. The fourth-order valence-electron chi connectivity index (χ4n) is 1.61. The van der Waals surface area contributed by atoms with E-state index in [9.17, 15) is 4.39 Å². The summed E-state index contributed by atoms with van der Waals surface area (Å²) < 4.78 is 13.5. The standard InChI is InChI=1S/C11H13BrFNS/c12-10-5-9(1-2-11(10)13)14-6-8-3-4-15-7-8/h1-2,5,8,14H,3-4,6-7H2. The minimum Gasteiger partial charge on any atom is -0.385 e. The summed E-state index contributed by atoms with van der Waals surface area (Å²) in [6.07, 6.45) is 1.29. The first-order valence-corrected chi connectivity index (χ1v) is 6.97. The Hall–Kier alpha value is -0.220. The minimum absolute atomic E-state index is 0.211. The number of nitrogens with one attached hydrogen (secondary N) is 1. The average molecular weight is 290 g/mol. The lowest BCUT2D eigenvalue weighted by molar-refractivity contribution is 0.619. The third-order valence-corrected chi connectivity index (χ3v) is 4.38. The van der Waals surface area contributed by atoms with Crippen molar-refractivity contribution in [3.63, 3.8) is 0 Å². The zero-order valence-electron chi connectivity index (χ0n) is 8.30. The van der Waals surface area contributed by atoms with Gasteiger partial charge < -0.3 is 5.32 Å². The van der Waals surface area contributed by atoms with E-state index in [0.29, 0.717) is 4.47 Å². The van der Waals surface area contributed by atoms with Crippen molar-refractivity contribution in [2.45, 2.75) is 6.42 Å². The molecule has 1 atom stereocenters. The summed E-state index contributed by atoms with van der Waals surface area (Å²) in [4.78, 5) is 0. The molecule has 1 heterocycles. The normalized spacial score (nSPS) is 20.5. The van der Waals surface area contributed by atoms with Gasteiger partial charge >= 0.3 is 0 Å². The molecular formula is C11H13BrFNS. The van der Waals surface area contributed by atoms with Crippen LogP contribution in [0.4, 0.5) is 10.1 Å². The maximum Gasteiger partial charge on any atom is 0.137 e. The molecule has 1 saturated heterocycles. The quantitative estimate of drug-likeness (QED) is 0.910. The summed E-state index contributed by atoms with van der Waals surface area (Å²) in [5, 5.41) is 3.34. The fourth-order valence-corrected chi connectivity index (χ4v) is 3.28. The van der Waals surface area contributed by atoms with Crippen molar-refractivity contribution in [1.29, 1.82) is 0 Å². The molecule has 4 heteroatoms. The highest BCUT2D eigenvalue weighted by atomic mass is 79.9. The van der Waals surface area contributed by atoms with Crippen LogP contribution in [0.15, 0.2) is 22.7 Å². The van der Waals surface area contributed by atoms with E-state index in [1.165, 1.54) is 24.0 Å². The molecular weight excluding hydrogens is 277 g/mol.